The summed E-state index contributed by atoms with van der Waals surface area (Å²) in [6.45, 7) is 11.9. The van der Waals surface area contributed by atoms with Crippen molar-refractivity contribution >= 4 is 0 Å². The van der Waals surface area contributed by atoms with Crippen LogP contribution in [0.5, 0.6) is 0 Å². The standard InChI is InChI=1S/C13H26N4/c1-11(2)8-14-9-12(3)15-10-13(4)17-7-5-6-16-17/h5-7,11-15H,8-10H2,1-4H3. The molecule has 2 unspecified atom stereocenters. The zero-order chi connectivity index (χ0) is 12.7. The largest absolute Gasteiger partial charge is 0.315 e. The molecule has 0 aliphatic heterocycles. The Morgan fingerprint density at radius 2 is 1.88 bits per heavy atom. The molecule has 1 aromatic rings. The van der Waals surface area contributed by atoms with Gasteiger partial charge in [-0.05, 0) is 32.4 Å². The summed E-state index contributed by atoms with van der Waals surface area (Å²) in [5.41, 5.74) is 0. The van der Waals surface area contributed by atoms with Gasteiger partial charge in [0.15, 0.2) is 0 Å². The van der Waals surface area contributed by atoms with Crippen molar-refractivity contribution in [1.82, 2.24) is 20.4 Å². The van der Waals surface area contributed by atoms with Crippen molar-refractivity contribution in [2.45, 2.75) is 39.8 Å². The number of rotatable bonds is 8. The van der Waals surface area contributed by atoms with Crippen molar-refractivity contribution in [3.8, 4) is 0 Å². The molecule has 0 spiro atoms. The van der Waals surface area contributed by atoms with Gasteiger partial charge < -0.3 is 10.6 Å². The monoisotopic (exact) mass is 238 g/mol. The van der Waals surface area contributed by atoms with Crippen LogP contribution >= 0.6 is 0 Å². The lowest BCUT2D eigenvalue weighted by molar-refractivity contribution is 0.407. The van der Waals surface area contributed by atoms with Gasteiger partial charge in [0.2, 0.25) is 0 Å². The van der Waals surface area contributed by atoms with Gasteiger partial charge >= 0.3 is 0 Å². The molecule has 0 radical (unpaired) electrons. The highest BCUT2D eigenvalue weighted by Gasteiger charge is 2.06. The number of hydrogen-bond donors (Lipinski definition) is 2. The van der Waals surface area contributed by atoms with E-state index in [1.165, 1.54) is 0 Å². The molecule has 2 N–H and O–H groups in total. The lowest BCUT2D eigenvalue weighted by atomic mass is 10.2. The number of hydrogen-bond acceptors (Lipinski definition) is 3. The Morgan fingerprint density at radius 1 is 1.12 bits per heavy atom. The van der Waals surface area contributed by atoms with Crippen LogP contribution in [0.2, 0.25) is 0 Å². The molecule has 0 aliphatic rings. The predicted octanol–water partition coefficient (Wildman–Crippen LogP) is 1.67. The van der Waals surface area contributed by atoms with Gasteiger partial charge in [-0.15, -0.1) is 0 Å². The van der Waals surface area contributed by atoms with Crippen LogP contribution in [0.3, 0.4) is 0 Å². The smallest absolute Gasteiger partial charge is 0.0615 e. The second kappa shape index (κ2) is 7.45. The number of nitrogens with zero attached hydrogens (tertiary/aromatic N) is 2. The molecule has 0 saturated carbocycles. The van der Waals surface area contributed by atoms with Gasteiger partial charge in [0.1, 0.15) is 0 Å². The zero-order valence-corrected chi connectivity index (χ0v) is 11.5. The first kappa shape index (κ1) is 14.2. The van der Waals surface area contributed by atoms with E-state index in [1.807, 2.05) is 23.1 Å². The molecule has 4 nitrogen and oxygen atoms in total. The molecule has 1 rings (SSSR count). The summed E-state index contributed by atoms with van der Waals surface area (Å²) in [6, 6.07) is 2.86. The maximum Gasteiger partial charge on any atom is 0.0615 e. The molecule has 0 aliphatic carbocycles. The van der Waals surface area contributed by atoms with Crippen molar-refractivity contribution in [3.05, 3.63) is 18.5 Å². The molecule has 4 heteroatoms. The van der Waals surface area contributed by atoms with Crippen LogP contribution in [-0.2, 0) is 0 Å². The summed E-state index contributed by atoms with van der Waals surface area (Å²) < 4.78 is 1.99. The molecular weight excluding hydrogens is 212 g/mol. The Morgan fingerprint density at radius 3 is 2.47 bits per heavy atom. The molecule has 98 valence electrons. The van der Waals surface area contributed by atoms with Crippen LogP contribution in [0.25, 0.3) is 0 Å². The van der Waals surface area contributed by atoms with Gasteiger partial charge in [-0.1, -0.05) is 13.8 Å². The molecule has 0 fully saturated rings. The topological polar surface area (TPSA) is 41.9 Å². The Bertz CT molecular complexity index is 282. The lowest BCUT2D eigenvalue weighted by Gasteiger charge is -2.19. The molecule has 2 atom stereocenters. The van der Waals surface area contributed by atoms with E-state index in [1.54, 1.807) is 0 Å². The van der Waals surface area contributed by atoms with Gasteiger partial charge in [0, 0.05) is 31.5 Å². The van der Waals surface area contributed by atoms with E-state index in [4.69, 9.17) is 0 Å². The minimum atomic E-state index is 0.401. The van der Waals surface area contributed by atoms with E-state index in [0.29, 0.717) is 18.0 Å². The average Bonchev–Trinajstić information content (AvgIpc) is 2.78. The number of aromatic nitrogens is 2. The molecule has 0 bridgehead atoms. The molecular formula is C13H26N4. The molecule has 0 aromatic carbocycles. The van der Waals surface area contributed by atoms with Crippen molar-refractivity contribution in [2.75, 3.05) is 19.6 Å². The molecule has 17 heavy (non-hydrogen) atoms. The Balaban J connectivity index is 2.13. The Labute approximate surface area is 105 Å². The van der Waals surface area contributed by atoms with Crippen molar-refractivity contribution in [1.29, 1.82) is 0 Å². The maximum absolute atomic E-state index is 4.24. The third-order valence-corrected chi connectivity index (χ3v) is 2.74. The highest BCUT2D eigenvalue weighted by atomic mass is 15.3. The van der Waals surface area contributed by atoms with Crippen LogP contribution in [0.4, 0.5) is 0 Å². The van der Waals surface area contributed by atoms with E-state index in [0.717, 1.165) is 19.6 Å². The van der Waals surface area contributed by atoms with Crippen LogP contribution in [0, 0.1) is 5.92 Å². The fraction of sp³-hybridized carbons (Fsp3) is 0.769. The lowest BCUT2D eigenvalue weighted by Crippen LogP contribution is -2.39. The van der Waals surface area contributed by atoms with E-state index in [-0.39, 0.29) is 0 Å². The summed E-state index contributed by atoms with van der Waals surface area (Å²) >= 11 is 0. The van der Waals surface area contributed by atoms with E-state index < -0.39 is 0 Å². The minimum Gasteiger partial charge on any atom is -0.315 e. The van der Waals surface area contributed by atoms with E-state index >= 15 is 0 Å². The number of nitrogens with one attached hydrogen (secondary N) is 2. The third kappa shape index (κ3) is 5.84. The SMILES string of the molecule is CC(C)CNCC(C)NCC(C)n1cccn1. The first-order valence-electron chi connectivity index (χ1n) is 6.52. The van der Waals surface area contributed by atoms with Gasteiger partial charge in [0.05, 0.1) is 6.04 Å². The summed E-state index contributed by atoms with van der Waals surface area (Å²) in [7, 11) is 0. The van der Waals surface area contributed by atoms with Crippen LogP contribution < -0.4 is 10.6 Å². The highest BCUT2D eigenvalue weighted by molar-refractivity contribution is 4.81. The van der Waals surface area contributed by atoms with Crippen LogP contribution in [0.1, 0.15) is 33.7 Å². The fourth-order valence-electron chi connectivity index (χ4n) is 1.67. The molecule has 1 aromatic heterocycles. The summed E-state index contributed by atoms with van der Waals surface area (Å²) in [6.07, 6.45) is 3.83. The zero-order valence-electron chi connectivity index (χ0n) is 11.5. The van der Waals surface area contributed by atoms with Gasteiger partial charge in [-0.25, -0.2) is 0 Å². The highest BCUT2D eigenvalue weighted by Crippen LogP contribution is 2.01. The van der Waals surface area contributed by atoms with Gasteiger partial charge in [-0.2, -0.15) is 5.10 Å². The molecule has 0 saturated heterocycles. The van der Waals surface area contributed by atoms with Gasteiger partial charge in [-0.3, -0.25) is 4.68 Å². The first-order chi connectivity index (χ1) is 8.09. The van der Waals surface area contributed by atoms with Crippen molar-refractivity contribution in [3.63, 3.8) is 0 Å². The van der Waals surface area contributed by atoms with Crippen LogP contribution in [0.15, 0.2) is 18.5 Å². The third-order valence-electron chi connectivity index (χ3n) is 2.74. The average molecular weight is 238 g/mol. The maximum atomic E-state index is 4.24. The normalized spacial score (nSPS) is 15.1. The second-order valence-electron chi connectivity index (χ2n) is 5.20. The Hall–Kier alpha value is -0.870. The molecule has 1 heterocycles. The summed E-state index contributed by atoms with van der Waals surface area (Å²) in [4.78, 5) is 0. The fourth-order valence-corrected chi connectivity index (χ4v) is 1.67. The summed E-state index contributed by atoms with van der Waals surface area (Å²) in [5, 5.41) is 11.2. The van der Waals surface area contributed by atoms with Crippen molar-refractivity contribution < 1.29 is 0 Å². The van der Waals surface area contributed by atoms with Crippen molar-refractivity contribution in [2.24, 2.45) is 5.92 Å². The quantitative estimate of drug-likeness (QED) is 0.724. The van der Waals surface area contributed by atoms with Gasteiger partial charge in [0.25, 0.3) is 0 Å². The Kier molecular flexibility index (Phi) is 6.22. The minimum absolute atomic E-state index is 0.401. The first-order valence-corrected chi connectivity index (χ1v) is 6.52. The van der Waals surface area contributed by atoms with E-state index in [9.17, 15) is 0 Å². The van der Waals surface area contributed by atoms with Crippen LogP contribution in [-0.4, -0.2) is 35.5 Å². The summed E-state index contributed by atoms with van der Waals surface area (Å²) in [5.74, 6) is 0.713. The predicted molar refractivity (Wildman–Crippen MR) is 72.1 cm³/mol. The molecule has 0 amide bonds. The second-order valence-corrected chi connectivity index (χ2v) is 5.20. The van der Waals surface area contributed by atoms with E-state index in [2.05, 4.69) is 43.4 Å².